The van der Waals surface area contributed by atoms with Crippen molar-refractivity contribution in [2.75, 3.05) is 6.61 Å². The number of fused-ring (bicyclic) bond motifs is 1. The van der Waals surface area contributed by atoms with E-state index >= 15 is 0 Å². The molecule has 0 bridgehead atoms. The maximum Gasteiger partial charge on any atom is 0.189 e. The van der Waals surface area contributed by atoms with Crippen LogP contribution in [-0.2, 0) is 9.53 Å². The minimum Gasteiger partial charge on any atom is -0.383 e. The zero-order valence-corrected chi connectivity index (χ0v) is 19.6. The van der Waals surface area contributed by atoms with E-state index in [9.17, 15) is 20.1 Å². The molecule has 0 aromatic heterocycles. The van der Waals surface area contributed by atoms with Crippen LogP contribution in [0.25, 0.3) is 0 Å². The molecule has 3 rings (SSSR count). The topological polar surface area (TPSA) is 87.0 Å². The van der Waals surface area contributed by atoms with Crippen LogP contribution < -0.4 is 0 Å². The molecule has 3 N–H and O–H groups in total. The second kappa shape index (κ2) is 8.93. The van der Waals surface area contributed by atoms with E-state index < -0.39 is 11.4 Å². The fourth-order valence-electron chi connectivity index (χ4n) is 6.03. The number of allylic oxidation sites excluding steroid dienone is 3. The maximum absolute atomic E-state index is 12.1. The molecule has 4 atom stereocenters. The molecule has 3 aliphatic rings. The largest absolute Gasteiger partial charge is 0.383 e. The van der Waals surface area contributed by atoms with Crippen molar-refractivity contribution in [3.63, 3.8) is 0 Å². The molecular weight excluding hydrogens is 392 g/mol. The molecule has 0 saturated heterocycles. The minimum atomic E-state index is -1.78. The van der Waals surface area contributed by atoms with Crippen LogP contribution in [0.4, 0.5) is 0 Å². The second-order valence-electron chi connectivity index (χ2n) is 10.7. The van der Waals surface area contributed by atoms with Gasteiger partial charge in [0, 0.05) is 12.0 Å². The van der Waals surface area contributed by atoms with Gasteiger partial charge in [0.1, 0.15) is 12.2 Å². The van der Waals surface area contributed by atoms with E-state index in [1.807, 2.05) is 0 Å². The first-order valence-corrected chi connectivity index (χ1v) is 11.8. The van der Waals surface area contributed by atoms with Crippen molar-refractivity contribution in [1.82, 2.24) is 0 Å². The Hall–Kier alpha value is -1.27. The van der Waals surface area contributed by atoms with Gasteiger partial charge in [0.05, 0.1) is 6.10 Å². The highest BCUT2D eigenvalue weighted by Gasteiger charge is 2.51. The first-order chi connectivity index (χ1) is 14.4. The average molecular weight is 433 g/mol. The molecule has 0 aromatic carbocycles. The van der Waals surface area contributed by atoms with Crippen LogP contribution >= 0.6 is 0 Å². The summed E-state index contributed by atoms with van der Waals surface area (Å²) in [5.41, 5.74) is 1.56. The van der Waals surface area contributed by atoms with Gasteiger partial charge in [-0.3, -0.25) is 4.79 Å². The molecule has 0 amide bonds. The summed E-state index contributed by atoms with van der Waals surface area (Å²) >= 11 is 0. The van der Waals surface area contributed by atoms with E-state index in [0.717, 1.165) is 50.5 Å². The van der Waals surface area contributed by atoms with Gasteiger partial charge in [-0.15, -0.1) is 0 Å². The average Bonchev–Trinajstić information content (AvgIpc) is 3.03. The number of hydrogen-bond acceptors (Lipinski definition) is 5. The Kier molecular flexibility index (Phi) is 7.02. The lowest BCUT2D eigenvalue weighted by Crippen LogP contribution is -2.41. The summed E-state index contributed by atoms with van der Waals surface area (Å²) in [6, 6.07) is 0. The van der Waals surface area contributed by atoms with Gasteiger partial charge in [-0.2, -0.15) is 0 Å². The molecular formula is C26H40O5. The first kappa shape index (κ1) is 24.4. The summed E-state index contributed by atoms with van der Waals surface area (Å²) in [4.78, 5) is 12.1. The number of aliphatic hydroxyl groups is 3. The van der Waals surface area contributed by atoms with E-state index in [1.165, 1.54) is 19.4 Å². The van der Waals surface area contributed by atoms with Crippen molar-refractivity contribution in [2.24, 2.45) is 17.3 Å². The molecule has 0 aromatic rings. The molecule has 5 nitrogen and oxygen atoms in total. The normalized spacial score (nSPS) is 34.7. The Bertz CT molecular complexity index is 769. The number of ether oxygens (including phenoxy) is 1. The number of ketones is 1. The number of hydrogen-bond donors (Lipinski definition) is 3. The van der Waals surface area contributed by atoms with Crippen molar-refractivity contribution in [3.05, 3.63) is 35.5 Å². The smallest absolute Gasteiger partial charge is 0.189 e. The van der Waals surface area contributed by atoms with Crippen LogP contribution in [0.15, 0.2) is 35.5 Å². The Morgan fingerprint density at radius 1 is 1.23 bits per heavy atom. The number of Topliss-reactive ketones (excluding diaryl/α,β-unsaturated/α-hetero) is 1. The van der Waals surface area contributed by atoms with Gasteiger partial charge >= 0.3 is 0 Å². The highest BCUT2D eigenvalue weighted by molar-refractivity contribution is 5.87. The Morgan fingerprint density at radius 2 is 1.90 bits per heavy atom. The zero-order valence-electron chi connectivity index (χ0n) is 19.6. The van der Waals surface area contributed by atoms with E-state index in [0.29, 0.717) is 23.8 Å². The zero-order chi connectivity index (χ0) is 23.0. The molecule has 31 heavy (non-hydrogen) atoms. The van der Waals surface area contributed by atoms with Gasteiger partial charge < -0.3 is 20.1 Å². The van der Waals surface area contributed by atoms with Crippen molar-refractivity contribution in [2.45, 2.75) is 96.6 Å². The summed E-state index contributed by atoms with van der Waals surface area (Å²) in [6.07, 6.45) is 11.7. The predicted octanol–water partition coefficient (Wildman–Crippen LogP) is 4.22. The van der Waals surface area contributed by atoms with Crippen LogP contribution in [0.2, 0.25) is 0 Å². The monoisotopic (exact) mass is 432 g/mol. The van der Waals surface area contributed by atoms with Gasteiger partial charge in [-0.05, 0) is 88.5 Å². The number of carbonyl (C=O) groups excluding carboxylic acids is 1. The number of rotatable bonds is 6. The van der Waals surface area contributed by atoms with Crippen molar-refractivity contribution in [1.29, 1.82) is 0 Å². The van der Waals surface area contributed by atoms with E-state index in [4.69, 9.17) is 4.74 Å². The van der Waals surface area contributed by atoms with Crippen LogP contribution in [0.3, 0.4) is 0 Å². The van der Waals surface area contributed by atoms with Gasteiger partial charge in [0.15, 0.2) is 11.6 Å². The van der Waals surface area contributed by atoms with Gasteiger partial charge in [-0.25, -0.2) is 0 Å². The van der Waals surface area contributed by atoms with E-state index in [2.05, 4.69) is 32.6 Å². The molecule has 174 valence electrons. The molecule has 0 heterocycles. The van der Waals surface area contributed by atoms with Crippen LogP contribution in [-0.4, -0.2) is 45.2 Å². The fourth-order valence-corrected chi connectivity index (χ4v) is 6.03. The Labute approximate surface area is 186 Å². The van der Waals surface area contributed by atoms with Gasteiger partial charge in [-0.1, -0.05) is 31.2 Å². The summed E-state index contributed by atoms with van der Waals surface area (Å²) in [6.45, 7) is 11.3. The molecule has 0 spiro atoms. The maximum atomic E-state index is 12.1. The lowest BCUT2D eigenvalue weighted by molar-refractivity contribution is -0.142. The Balaban J connectivity index is 1.72. The third-order valence-corrected chi connectivity index (χ3v) is 8.11. The molecule has 0 aliphatic heterocycles. The molecule has 5 heteroatoms. The highest BCUT2D eigenvalue weighted by Crippen LogP contribution is 2.58. The predicted molar refractivity (Wildman–Crippen MR) is 121 cm³/mol. The third-order valence-electron chi connectivity index (χ3n) is 8.11. The second-order valence-corrected chi connectivity index (χ2v) is 10.7. The summed E-state index contributed by atoms with van der Waals surface area (Å²) in [5.74, 6) is -1.22. The van der Waals surface area contributed by atoms with Crippen LogP contribution in [0, 0.1) is 17.3 Å². The quantitative estimate of drug-likeness (QED) is 0.547. The van der Waals surface area contributed by atoms with E-state index in [-0.39, 0.29) is 23.9 Å². The standard InChI is InChI=1S/C26H40O5/c1-17-19(8-7-15-26(17,29)30)10-11-20-9-6-14-25(5)21(12-13-22(20)25)18(2)31-16-23(27)24(3,4)28/h10-11,18,21-22,28-30H,1,6-9,12-16H2,2-5H3/b19-10-,20-11+/t18?,21-,22+,25-/m1/s1. The molecule has 3 aliphatic carbocycles. The minimum absolute atomic E-state index is 0.0403. The van der Waals surface area contributed by atoms with Crippen LogP contribution in [0.1, 0.15) is 79.1 Å². The van der Waals surface area contributed by atoms with Gasteiger partial charge in [0.25, 0.3) is 0 Å². The molecule has 3 saturated carbocycles. The van der Waals surface area contributed by atoms with Crippen LogP contribution in [0.5, 0.6) is 0 Å². The molecule has 3 fully saturated rings. The van der Waals surface area contributed by atoms with Crippen molar-refractivity contribution >= 4 is 5.78 Å². The lowest BCUT2D eigenvalue weighted by Gasteiger charge is -2.44. The highest BCUT2D eigenvalue weighted by atomic mass is 16.5. The van der Waals surface area contributed by atoms with Crippen molar-refractivity contribution < 1.29 is 24.9 Å². The fraction of sp³-hybridized carbons (Fsp3) is 0.731. The summed E-state index contributed by atoms with van der Waals surface area (Å²) < 4.78 is 5.95. The van der Waals surface area contributed by atoms with Crippen molar-refractivity contribution in [3.8, 4) is 0 Å². The molecule has 0 radical (unpaired) electrons. The van der Waals surface area contributed by atoms with E-state index in [1.54, 1.807) is 0 Å². The lowest BCUT2D eigenvalue weighted by atomic mass is 9.62. The number of carbonyl (C=O) groups is 1. The Morgan fingerprint density at radius 3 is 2.58 bits per heavy atom. The van der Waals surface area contributed by atoms with Gasteiger partial charge in [0.2, 0.25) is 0 Å². The summed E-state index contributed by atoms with van der Waals surface area (Å²) in [7, 11) is 0. The molecule has 1 unspecified atom stereocenters. The SMILES string of the molecule is C=C1/C(=C\C=C2/CCC[C@]3(C)[C@@H](C(C)OCC(=O)C(C)(C)O)CC[C@@H]23)CCCC1(O)O. The first-order valence-electron chi connectivity index (χ1n) is 11.8. The third kappa shape index (κ3) is 5.05. The summed E-state index contributed by atoms with van der Waals surface area (Å²) in [5, 5.41) is 30.1.